The molecule has 1 aromatic heterocycles. The van der Waals surface area contributed by atoms with Crippen LogP contribution in [0.5, 0.6) is 0 Å². The topological polar surface area (TPSA) is 90.3 Å². The van der Waals surface area contributed by atoms with Crippen molar-refractivity contribution in [1.82, 2.24) is 15.1 Å². The maximum Gasteiger partial charge on any atom is 0.337 e. The van der Waals surface area contributed by atoms with Crippen LogP contribution in [0.4, 0.5) is 0 Å². The molecule has 0 saturated heterocycles. The molecule has 0 radical (unpaired) electrons. The van der Waals surface area contributed by atoms with Crippen LogP contribution < -0.4 is 10.9 Å². The smallest absolute Gasteiger partial charge is 0.337 e. The third-order valence-electron chi connectivity index (χ3n) is 4.35. The number of methoxy groups -OCH3 is 1. The van der Waals surface area contributed by atoms with Crippen LogP contribution in [0.25, 0.3) is 0 Å². The molecule has 29 heavy (non-hydrogen) atoms. The number of carbonyl (C=O) groups excluding carboxylic acids is 2. The number of aromatic nitrogens is 2. The molecule has 1 heterocycles. The van der Waals surface area contributed by atoms with Gasteiger partial charge < -0.3 is 10.1 Å². The predicted molar refractivity (Wildman–Crippen MR) is 108 cm³/mol. The van der Waals surface area contributed by atoms with E-state index in [-0.39, 0.29) is 23.1 Å². The first-order chi connectivity index (χ1) is 14.1. The van der Waals surface area contributed by atoms with Gasteiger partial charge in [-0.25, -0.2) is 9.48 Å². The van der Waals surface area contributed by atoms with Gasteiger partial charge in [0.25, 0.3) is 11.5 Å². The summed E-state index contributed by atoms with van der Waals surface area (Å²) in [6.07, 6.45) is 0.594. The van der Waals surface area contributed by atoms with Crippen LogP contribution >= 0.6 is 0 Å². The zero-order chi connectivity index (χ0) is 20.6. The number of hydrogen-bond donors (Lipinski definition) is 1. The van der Waals surface area contributed by atoms with E-state index in [9.17, 15) is 14.4 Å². The Bertz CT molecular complexity index is 1040. The fraction of sp³-hybridized carbons (Fsp3) is 0.182. The summed E-state index contributed by atoms with van der Waals surface area (Å²) in [7, 11) is 1.34. The summed E-state index contributed by atoms with van der Waals surface area (Å²) in [4.78, 5) is 35.9. The Hall–Kier alpha value is -3.74. The molecule has 7 nitrogen and oxygen atoms in total. The number of nitrogens with zero attached hydrogens (tertiary/aromatic N) is 2. The summed E-state index contributed by atoms with van der Waals surface area (Å²) >= 11 is 0. The molecule has 0 spiro atoms. The van der Waals surface area contributed by atoms with Crippen molar-refractivity contribution in [3.8, 4) is 0 Å². The lowest BCUT2D eigenvalue weighted by atomic mass is 10.1. The number of nitrogens with one attached hydrogen (secondary N) is 1. The van der Waals surface area contributed by atoms with Crippen LogP contribution in [-0.2, 0) is 17.7 Å². The molecule has 1 N–H and O–H groups in total. The highest BCUT2D eigenvalue weighted by Gasteiger charge is 2.10. The monoisotopic (exact) mass is 391 g/mol. The lowest BCUT2D eigenvalue weighted by molar-refractivity contribution is 0.0600. The molecule has 1 amide bonds. The van der Waals surface area contributed by atoms with E-state index in [0.717, 1.165) is 11.1 Å². The number of esters is 1. The van der Waals surface area contributed by atoms with Crippen LogP contribution in [0.15, 0.2) is 71.5 Å². The van der Waals surface area contributed by atoms with E-state index in [4.69, 9.17) is 0 Å². The Morgan fingerprint density at radius 2 is 1.69 bits per heavy atom. The quantitative estimate of drug-likeness (QED) is 0.623. The van der Waals surface area contributed by atoms with Gasteiger partial charge in [-0.05, 0) is 35.7 Å². The van der Waals surface area contributed by atoms with Crippen LogP contribution in [-0.4, -0.2) is 35.3 Å². The summed E-state index contributed by atoms with van der Waals surface area (Å²) in [5, 5.41) is 6.97. The fourth-order valence-corrected chi connectivity index (χ4v) is 2.78. The van der Waals surface area contributed by atoms with Crippen molar-refractivity contribution in [3.05, 3.63) is 99.5 Å². The van der Waals surface area contributed by atoms with Crippen LogP contribution in [0, 0.1) is 0 Å². The molecule has 0 saturated carbocycles. The third kappa shape index (κ3) is 5.38. The van der Waals surface area contributed by atoms with Gasteiger partial charge in [0.2, 0.25) is 0 Å². The molecule has 0 aliphatic carbocycles. The van der Waals surface area contributed by atoms with E-state index in [1.54, 1.807) is 12.1 Å². The van der Waals surface area contributed by atoms with Gasteiger partial charge in [0.05, 0.1) is 19.2 Å². The van der Waals surface area contributed by atoms with Gasteiger partial charge in [-0.2, -0.15) is 5.10 Å². The van der Waals surface area contributed by atoms with Crippen molar-refractivity contribution in [1.29, 1.82) is 0 Å². The Morgan fingerprint density at radius 1 is 0.966 bits per heavy atom. The highest BCUT2D eigenvalue weighted by atomic mass is 16.5. The molecular formula is C22H21N3O4. The maximum absolute atomic E-state index is 12.4. The van der Waals surface area contributed by atoms with Crippen molar-refractivity contribution in [2.24, 2.45) is 0 Å². The zero-order valence-electron chi connectivity index (χ0n) is 16.0. The van der Waals surface area contributed by atoms with E-state index in [1.165, 1.54) is 23.9 Å². The molecule has 3 aromatic rings. The molecule has 3 rings (SSSR count). The fourth-order valence-electron chi connectivity index (χ4n) is 2.78. The lowest BCUT2D eigenvalue weighted by Crippen LogP contribution is -2.31. The average Bonchev–Trinajstić information content (AvgIpc) is 2.76. The minimum atomic E-state index is -0.387. The first-order valence-electron chi connectivity index (χ1n) is 9.14. The summed E-state index contributed by atoms with van der Waals surface area (Å²) in [5.74, 6) is -0.737. The molecular weight excluding hydrogens is 370 g/mol. The molecule has 0 fully saturated rings. The second-order valence-corrected chi connectivity index (χ2v) is 6.39. The second-order valence-electron chi connectivity index (χ2n) is 6.39. The molecule has 148 valence electrons. The Balaban J connectivity index is 1.58. The standard InChI is InChI=1S/C22H21N3O4/c1-29-22(28)18-9-7-16(8-10-18)13-14-23-21(27)19-11-12-20(26)25(24-19)15-17-5-3-2-4-6-17/h2-12H,13-15H2,1H3,(H,23,27). The summed E-state index contributed by atoms with van der Waals surface area (Å²) < 4.78 is 5.94. The summed E-state index contributed by atoms with van der Waals surface area (Å²) in [6.45, 7) is 0.698. The number of rotatable bonds is 7. The minimum absolute atomic E-state index is 0.182. The van der Waals surface area contributed by atoms with E-state index < -0.39 is 0 Å². The SMILES string of the molecule is COC(=O)c1ccc(CCNC(=O)c2ccc(=O)n(Cc3ccccc3)n2)cc1. The number of carbonyl (C=O) groups is 2. The average molecular weight is 391 g/mol. The van der Waals surface area contributed by atoms with Gasteiger partial charge in [0.15, 0.2) is 0 Å². The molecule has 0 atom stereocenters. The van der Waals surface area contributed by atoms with Crippen LogP contribution in [0.2, 0.25) is 0 Å². The largest absolute Gasteiger partial charge is 0.465 e. The van der Waals surface area contributed by atoms with Gasteiger partial charge in [0, 0.05) is 12.6 Å². The van der Waals surface area contributed by atoms with E-state index >= 15 is 0 Å². The van der Waals surface area contributed by atoms with Gasteiger partial charge >= 0.3 is 5.97 Å². The minimum Gasteiger partial charge on any atom is -0.465 e. The van der Waals surface area contributed by atoms with Gasteiger partial charge in [-0.1, -0.05) is 42.5 Å². The molecule has 7 heteroatoms. The molecule has 2 aromatic carbocycles. The van der Waals surface area contributed by atoms with Crippen molar-refractivity contribution in [2.75, 3.05) is 13.7 Å². The number of benzene rings is 2. The molecule has 0 unspecified atom stereocenters. The first-order valence-corrected chi connectivity index (χ1v) is 9.14. The third-order valence-corrected chi connectivity index (χ3v) is 4.35. The first kappa shape index (κ1) is 20.0. The lowest BCUT2D eigenvalue weighted by Gasteiger charge is -2.08. The van der Waals surface area contributed by atoms with Crippen molar-refractivity contribution >= 4 is 11.9 Å². The molecule has 0 aliphatic heterocycles. The Morgan fingerprint density at radius 3 is 2.38 bits per heavy atom. The summed E-state index contributed by atoms with van der Waals surface area (Å²) in [5.41, 5.74) is 2.29. The van der Waals surface area contributed by atoms with Crippen molar-refractivity contribution in [2.45, 2.75) is 13.0 Å². The predicted octanol–water partition coefficient (Wildman–Crippen LogP) is 2.05. The summed E-state index contributed by atoms with van der Waals surface area (Å²) in [6, 6.07) is 19.2. The van der Waals surface area contributed by atoms with Crippen molar-refractivity contribution < 1.29 is 14.3 Å². The molecule has 0 aliphatic rings. The number of ether oxygens (including phenoxy) is 1. The highest BCUT2D eigenvalue weighted by molar-refractivity contribution is 5.92. The Labute approximate surface area is 168 Å². The number of hydrogen-bond acceptors (Lipinski definition) is 5. The van der Waals surface area contributed by atoms with Crippen LogP contribution in [0.1, 0.15) is 32.0 Å². The molecule has 0 bridgehead atoms. The normalized spacial score (nSPS) is 10.4. The van der Waals surface area contributed by atoms with Crippen LogP contribution in [0.3, 0.4) is 0 Å². The van der Waals surface area contributed by atoms with Gasteiger partial charge in [0.1, 0.15) is 5.69 Å². The highest BCUT2D eigenvalue weighted by Crippen LogP contribution is 2.06. The maximum atomic E-state index is 12.4. The van der Waals surface area contributed by atoms with E-state index in [2.05, 4.69) is 15.2 Å². The van der Waals surface area contributed by atoms with Crippen molar-refractivity contribution in [3.63, 3.8) is 0 Å². The van der Waals surface area contributed by atoms with E-state index in [0.29, 0.717) is 25.1 Å². The number of amides is 1. The zero-order valence-corrected chi connectivity index (χ0v) is 16.0. The second kappa shape index (κ2) is 9.45. The van der Waals surface area contributed by atoms with Gasteiger partial charge in [-0.15, -0.1) is 0 Å². The van der Waals surface area contributed by atoms with E-state index in [1.807, 2.05) is 42.5 Å². The Kier molecular flexibility index (Phi) is 6.52. The van der Waals surface area contributed by atoms with Gasteiger partial charge in [-0.3, -0.25) is 9.59 Å².